The second kappa shape index (κ2) is 14.0. The number of carbonyl (C=O) groups is 2. The van der Waals surface area contributed by atoms with Crippen molar-refractivity contribution in [3.8, 4) is 16.9 Å². The second-order valence-corrected chi connectivity index (χ2v) is 13.0. The van der Waals surface area contributed by atoms with Gasteiger partial charge in [0.2, 0.25) is 0 Å². The van der Waals surface area contributed by atoms with E-state index in [2.05, 4.69) is 10.2 Å². The van der Waals surface area contributed by atoms with Gasteiger partial charge in [-0.25, -0.2) is 13.2 Å². The van der Waals surface area contributed by atoms with Gasteiger partial charge in [0.25, 0.3) is 5.91 Å². The Balaban J connectivity index is 1.59. The number of sulfone groups is 1. The van der Waals surface area contributed by atoms with Gasteiger partial charge >= 0.3 is 5.97 Å². The Morgan fingerprint density at radius 2 is 1.76 bits per heavy atom. The molecule has 0 saturated carbocycles. The minimum atomic E-state index is -3.39. The highest BCUT2D eigenvalue weighted by Gasteiger charge is 2.33. The van der Waals surface area contributed by atoms with Gasteiger partial charge in [0.05, 0.1) is 11.9 Å². The third-order valence-electron chi connectivity index (χ3n) is 7.54. The first-order valence-corrected chi connectivity index (χ1v) is 15.9. The molecule has 3 aromatic carbocycles. The van der Waals surface area contributed by atoms with Crippen LogP contribution in [0.25, 0.3) is 11.1 Å². The van der Waals surface area contributed by atoms with Crippen LogP contribution in [0.4, 0.5) is 0 Å². The number of carbonyl (C=O) groups excluding carboxylic acids is 1. The molecule has 0 radical (unpaired) electrons. The fourth-order valence-electron chi connectivity index (χ4n) is 5.23. The lowest BCUT2D eigenvalue weighted by Gasteiger charge is -2.25. The molecular formula is C32H38N2O7S. The third-order valence-corrected chi connectivity index (χ3v) is 8.52. The molecule has 0 unspecified atom stereocenters. The van der Waals surface area contributed by atoms with Crippen LogP contribution in [0.1, 0.15) is 34.3 Å². The van der Waals surface area contributed by atoms with Crippen molar-refractivity contribution in [3.05, 3.63) is 89.5 Å². The van der Waals surface area contributed by atoms with Crippen LogP contribution in [0.2, 0.25) is 0 Å². The monoisotopic (exact) mass is 594 g/mol. The average molecular weight is 595 g/mol. The summed E-state index contributed by atoms with van der Waals surface area (Å²) in [5.74, 6) is -1.39. The van der Waals surface area contributed by atoms with Crippen molar-refractivity contribution in [2.45, 2.75) is 44.5 Å². The quantitative estimate of drug-likeness (QED) is 0.305. The number of nitrogens with zero attached hydrogens (tertiary/aromatic N) is 1. The molecule has 3 aromatic rings. The zero-order chi connectivity index (χ0) is 30.3. The number of likely N-dealkylation sites (tertiary alicyclic amines) is 1. The van der Waals surface area contributed by atoms with E-state index in [9.17, 15) is 23.1 Å². The van der Waals surface area contributed by atoms with Crippen LogP contribution in [-0.2, 0) is 25.9 Å². The minimum absolute atomic E-state index is 0.0788. The van der Waals surface area contributed by atoms with Crippen LogP contribution < -0.4 is 10.1 Å². The number of rotatable bonds is 13. The maximum absolute atomic E-state index is 13.4. The highest BCUT2D eigenvalue weighted by molar-refractivity contribution is 7.90. The number of amides is 1. The van der Waals surface area contributed by atoms with Crippen LogP contribution >= 0.6 is 0 Å². The lowest BCUT2D eigenvalue weighted by atomic mass is 9.93. The number of hydrogen-bond donors (Lipinski definition) is 2. The topological polar surface area (TPSA) is 122 Å². The van der Waals surface area contributed by atoms with Crippen molar-refractivity contribution in [3.63, 3.8) is 0 Å². The van der Waals surface area contributed by atoms with Gasteiger partial charge in [-0.3, -0.25) is 9.69 Å². The maximum Gasteiger partial charge on any atom is 0.326 e. The van der Waals surface area contributed by atoms with Gasteiger partial charge in [0, 0.05) is 38.1 Å². The first kappa shape index (κ1) is 31.2. The number of para-hydroxylation sites is 1. The molecular weight excluding hydrogens is 556 g/mol. The predicted octanol–water partition coefficient (Wildman–Crippen LogP) is 3.95. The highest BCUT2D eigenvalue weighted by Crippen LogP contribution is 2.30. The fourth-order valence-corrected chi connectivity index (χ4v) is 5.89. The van der Waals surface area contributed by atoms with Crippen LogP contribution in [-0.4, -0.2) is 80.8 Å². The zero-order valence-corrected chi connectivity index (χ0v) is 25.0. The van der Waals surface area contributed by atoms with E-state index >= 15 is 0 Å². The molecule has 224 valence electrons. The standard InChI is InChI=1S/C32H38N2O7S/c1-22-9-7-8-12-27(22)29-17-23(13-14-28(29)31(35)33-30(32(36)37)15-16-42(3,38)39)19-34-20-26(40-2)18-24(34)21-41-25-10-5-4-6-11-25/h4-14,17,24,26,30H,15-16,18-21H2,1-3H3,(H,33,35)(H,36,37)/t24-,26-,30-/m0/s1. The van der Waals surface area contributed by atoms with Gasteiger partial charge in [-0.15, -0.1) is 0 Å². The van der Waals surface area contributed by atoms with E-state index in [1.165, 1.54) is 0 Å². The van der Waals surface area contributed by atoms with Gasteiger partial charge in [-0.1, -0.05) is 48.5 Å². The summed E-state index contributed by atoms with van der Waals surface area (Å²) < 4.78 is 35.0. The maximum atomic E-state index is 13.4. The molecule has 3 atom stereocenters. The van der Waals surface area contributed by atoms with Crippen molar-refractivity contribution in [2.24, 2.45) is 0 Å². The van der Waals surface area contributed by atoms with E-state index in [0.29, 0.717) is 24.3 Å². The molecule has 2 N–H and O–H groups in total. The van der Waals surface area contributed by atoms with E-state index in [1.807, 2.05) is 73.7 Å². The molecule has 0 spiro atoms. The molecule has 1 aliphatic rings. The number of methoxy groups -OCH3 is 1. The van der Waals surface area contributed by atoms with E-state index < -0.39 is 27.8 Å². The molecule has 1 aliphatic heterocycles. The van der Waals surface area contributed by atoms with E-state index in [0.717, 1.165) is 41.7 Å². The summed E-state index contributed by atoms with van der Waals surface area (Å²) in [7, 11) is -1.68. The van der Waals surface area contributed by atoms with E-state index in [4.69, 9.17) is 9.47 Å². The molecule has 0 aliphatic carbocycles. The molecule has 0 aromatic heterocycles. The number of carboxylic acid groups (broad SMARTS) is 1. The predicted molar refractivity (Wildman–Crippen MR) is 161 cm³/mol. The van der Waals surface area contributed by atoms with E-state index in [1.54, 1.807) is 13.2 Å². The van der Waals surface area contributed by atoms with Crippen molar-refractivity contribution >= 4 is 21.7 Å². The SMILES string of the molecule is CO[C@H]1C[C@@H](COc2ccccc2)N(Cc2ccc(C(=O)N[C@@H](CCS(C)(=O)=O)C(=O)O)c(-c3ccccc3C)c2)C1. The van der Waals surface area contributed by atoms with Gasteiger partial charge < -0.3 is 19.9 Å². The lowest BCUT2D eigenvalue weighted by molar-refractivity contribution is -0.139. The van der Waals surface area contributed by atoms with Gasteiger partial charge in [0.15, 0.2) is 0 Å². The Labute approximate surface area is 247 Å². The first-order valence-electron chi connectivity index (χ1n) is 13.9. The Morgan fingerprint density at radius 3 is 2.43 bits per heavy atom. The van der Waals surface area contributed by atoms with Crippen molar-refractivity contribution in [2.75, 3.05) is 32.3 Å². The summed E-state index contributed by atoms with van der Waals surface area (Å²) in [6, 6.07) is 21.7. The molecule has 1 heterocycles. The molecule has 0 bridgehead atoms. The van der Waals surface area contributed by atoms with Gasteiger partial charge in [0.1, 0.15) is 28.2 Å². The Morgan fingerprint density at radius 1 is 1.05 bits per heavy atom. The third kappa shape index (κ3) is 8.40. The zero-order valence-electron chi connectivity index (χ0n) is 24.2. The van der Waals surface area contributed by atoms with Gasteiger partial charge in [-0.2, -0.15) is 0 Å². The normalized spacial score (nSPS) is 18.0. The van der Waals surface area contributed by atoms with E-state index in [-0.39, 0.29) is 24.3 Å². The van der Waals surface area contributed by atoms with Crippen molar-refractivity contribution < 1.29 is 32.6 Å². The number of ether oxygens (including phenoxy) is 2. The van der Waals surface area contributed by atoms with Crippen molar-refractivity contribution in [1.29, 1.82) is 0 Å². The minimum Gasteiger partial charge on any atom is -0.492 e. The number of carboxylic acids is 1. The number of nitrogens with one attached hydrogen (secondary N) is 1. The highest BCUT2D eigenvalue weighted by atomic mass is 32.2. The molecule has 10 heteroatoms. The molecule has 1 saturated heterocycles. The summed E-state index contributed by atoms with van der Waals surface area (Å²) in [4.78, 5) is 27.6. The summed E-state index contributed by atoms with van der Waals surface area (Å²) >= 11 is 0. The summed E-state index contributed by atoms with van der Waals surface area (Å²) in [5.41, 5.74) is 3.80. The molecule has 42 heavy (non-hydrogen) atoms. The smallest absolute Gasteiger partial charge is 0.326 e. The first-order chi connectivity index (χ1) is 20.0. The largest absolute Gasteiger partial charge is 0.492 e. The number of hydrogen-bond acceptors (Lipinski definition) is 7. The summed E-state index contributed by atoms with van der Waals surface area (Å²) in [6.45, 7) is 3.81. The number of aliphatic carboxylic acids is 1. The van der Waals surface area contributed by atoms with Crippen molar-refractivity contribution in [1.82, 2.24) is 10.2 Å². The van der Waals surface area contributed by atoms with Crippen LogP contribution in [0.3, 0.4) is 0 Å². The Kier molecular flexibility index (Phi) is 10.4. The summed E-state index contributed by atoms with van der Waals surface area (Å²) in [6.07, 6.45) is 1.73. The van der Waals surface area contributed by atoms with Crippen LogP contribution in [0.5, 0.6) is 5.75 Å². The molecule has 4 rings (SSSR count). The summed E-state index contributed by atoms with van der Waals surface area (Å²) in [5, 5.41) is 12.2. The molecule has 1 fully saturated rings. The van der Waals surface area contributed by atoms with Gasteiger partial charge in [-0.05, 0) is 66.3 Å². The Bertz CT molecular complexity index is 1490. The second-order valence-electron chi connectivity index (χ2n) is 10.8. The lowest BCUT2D eigenvalue weighted by Crippen LogP contribution is -2.42. The Hall–Kier alpha value is -3.73. The van der Waals surface area contributed by atoms with Crippen LogP contribution in [0.15, 0.2) is 72.8 Å². The fraction of sp³-hybridized carbons (Fsp3) is 0.375. The molecule has 1 amide bonds. The van der Waals surface area contributed by atoms with Crippen LogP contribution in [0, 0.1) is 6.92 Å². The number of aryl methyl sites for hydroxylation is 1. The average Bonchev–Trinajstić information content (AvgIpc) is 3.35. The number of benzene rings is 3. The molecule has 9 nitrogen and oxygen atoms in total.